The number of nitrogens with one attached hydrogen (secondary N) is 1. The van der Waals surface area contributed by atoms with Gasteiger partial charge in [-0.3, -0.25) is 4.79 Å². The smallest absolute Gasteiger partial charge is 0.487 e. The lowest BCUT2D eigenvalue weighted by Crippen LogP contribution is -2.50. The van der Waals surface area contributed by atoms with Gasteiger partial charge >= 0.3 is 12.3 Å². The summed E-state index contributed by atoms with van der Waals surface area (Å²) in [4.78, 5) is 25.1. The molecule has 10 heteroatoms. The minimum absolute atomic E-state index is 0.0823. The van der Waals surface area contributed by atoms with Gasteiger partial charge in [0, 0.05) is 10.4 Å². The highest BCUT2D eigenvalue weighted by Gasteiger charge is 2.36. The van der Waals surface area contributed by atoms with Gasteiger partial charge in [-0.2, -0.15) is 0 Å². The molecule has 0 spiro atoms. The Morgan fingerprint density at radius 3 is 2.28 bits per heavy atom. The Labute approximate surface area is 211 Å². The number of fused-ring (bicyclic) bond motifs is 1. The maximum absolute atomic E-state index is 13.2. The zero-order valence-corrected chi connectivity index (χ0v) is 20.5. The Balaban J connectivity index is 1.94. The van der Waals surface area contributed by atoms with Crippen molar-refractivity contribution in [3.05, 3.63) is 70.7 Å². The molecular formula is C26H25ClF3NO5. The Bertz CT molecular complexity index is 1260. The lowest BCUT2D eigenvalue weighted by Gasteiger charge is -2.31. The molecule has 0 aliphatic heterocycles. The van der Waals surface area contributed by atoms with E-state index in [1.165, 1.54) is 18.2 Å². The summed E-state index contributed by atoms with van der Waals surface area (Å²) in [6.07, 6.45) is -4.29. The molecule has 0 heterocycles. The van der Waals surface area contributed by atoms with Crippen molar-refractivity contribution in [2.45, 2.75) is 46.2 Å². The number of amides is 1. The Hall–Kier alpha value is -3.46. The molecule has 0 fully saturated rings. The number of carboxylic acids is 1. The number of carbonyl (C=O) groups excluding carboxylic acids is 1. The van der Waals surface area contributed by atoms with Gasteiger partial charge in [0.25, 0.3) is 5.91 Å². The molecule has 6 nitrogen and oxygen atoms in total. The van der Waals surface area contributed by atoms with Gasteiger partial charge in [-0.1, -0.05) is 56.6 Å². The summed E-state index contributed by atoms with van der Waals surface area (Å²) in [5.74, 6) is -2.01. The highest BCUT2D eigenvalue weighted by Crippen LogP contribution is 2.34. The van der Waals surface area contributed by atoms with Crippen LogP contribution in [0, 0.1) is 5.41 Å². The zero-order chi connectivity index (χ0) is 26.7. The Morgan fingerprint density at radius 2 is 1.69 bits per heavy atom. The first-order valence-electron chi connectivity index (χ1n) is 11.0. The molecule has 0 saturated heterocycles. The molecule has 36 heavy (non-hydrogen) atoms. The average Bonchev–Trinajstić information content (AvgIpc) is 2.80. The van der Waals surface area contributed by atoms with Crippen LogP contribution in [0.1, 0.15) is 43.1 Å². The summed E-state index contributed by atoms with van der Waals surface area (Å²) in [5, 5.41) is 14.0. The van der Waals surface area contributed by atoms with Crippen molar-refractivity contribution >= 4 is 34.2 Å². The number of aliphatic carboxylic acids is 1. The fourth-order valence-corrected chi connectivity index (χ4v) is 3.72. The molecule has 1 atom stereocenters. The largest absolute Gasteiger partial charge is 0.573 e. The number of benzene rings is 3. The van der Waals surface area contributed by atoms with Gasteiger partial charge in [0.15, 0.2) is 0 Å². The van der Waals surface area contributed by atoms with Crippen LogP contribution in [0.2, 0.25) is 5.02 Å². The molecule has 0 saturated carbocycles. The number of rotatable bonds is 9. The van der Waals surface area contributed by atoms with Crippen LogP contribution in [-0.4, -0.2) is 29.4 Å². The maximum atomic E-state index is 13.2. The topological polar surface area (TPSA) is 84.9 Å². The van der Waals surface area contributed by atoms with Gasteiger partial charge < -0.3 is 19.9 Å². The number of alkyl halides is 3. The molecule has 0 unspecified atom stereocenters. The summed E-state index contributed by atoms with van der Waals surface area (Å²) in [5.41, 5.74) is -0.103. The van der Waals surface area contributed by atoms with E-state index in [4.69, 9.17) is 16.3 Å². The standard InChI is InChI=1S/C26H25ClF3NO5/c1-4-25(2,3)22(24(33)34)31-23(32)19-12-8-16-7-9-17(27)13-20(16)21(19)35-14-15-5-10-18(11-6-15)36-26(28,29)30/h5-13,22H,4,14H2,1-3H3,(H,31,32)(H,33,34)/t22-/m1/s1. The van der Waals surface area contributed by atoms with Gasteiger partial charge in [-0.05, 0) is 53.1 Å². The quantitative estimate of drug-likeness (QED) is 0.330. The van der Waals surface area contributed by atoms with Crippen LogP contribution < -0.4 is 14.8 Å². The molecule has 3 rings (SSSR count). The molecule has 0 aliphatic carbocycles. The maximum Gasteiger partial charge on any atom is 0.573 e. The summed E-state index contributed by atoms with van der Waals surface area (Å²) in [6.45, 7) is 5.24. The number of hydrogen-bond acceptors (Lipinski definition) is 4. The van der Waals surface area contributed by atoms with E-state index in [9.17, 15) is 27.9 Å². The van der Waals surface area contributed by atoms with Gasteiger partial charge in [0.2, 0.25) is 0 Å². The number of hydrogen-bond donors (Lipinski definition) is 2. The zero-order valence-electron chi connectivity index (χ0n) is 19.8. The van der Waals surface area contributed by atoms with E-state index in [0.29, 0.717) is 22.4 Å². The molecule has 192 valence electrons. The molecule has 0 aliphatic rings. The molecule has 3 aromatic carbocycles. The van der Waals surface area contributed by atoms with Gasteiger partial charge in [-0.25, -0.2) is 4.79 Å². The van der Waals surface area contributed by atoms with Gasteiger partial charge in [0.05, 0.1) is 5.56 Å². The highest BCUT2D eigenvalue weighted by molar-refractivity contribution is 6.31. The lowest BCUT2D eigenvalue weighted by atomic mass is 9.81. The van der Waals surface area contributed by atoms with Crippen LogP contribution in [-0.2, 0) is 11.4 Å². The van der Waals surface area contributed by atoms with E-state index < -0.39 is 29.7 Å². The Kier molecular flexibility index (Phi) is 8.03. The van der Waals surface area contributed by atoms with Crippen LogP contribution in [0.15, 0.2) is 54.6 Å². The van der Waals surface area contributed by atoms with Crippen molar-refractivity contribution in [3.63, 3.8) is 0 Å². The summed E-state index contributed by atoms with van der Waals surface area (Å²) in [7, 11) is 0. The first-order valence-corrected chi connectivity index (χ1v) is 11.4. The third-order valence-electron chi connectivity index (χ3n) is 5.93. The van der Waals surface area contributed by atoms with E-state index in [0.717, 1.165) is 17.5 Å². The molecule has 3 aromatic rings. The molecule has 2 N–H and O–H groups in total. The van der Waals surface area contributed by atoms with Crippen molar-refractivity contribution in [2.24, 2.45) is 5.41 Å². The normalized spacial score (nSPS) is 12.8. The third-order valence-corrected chi connectivity index (χ3v) is 6.17. The molecule has 0 radical (unpaired) electrons. The summed E-state index contributed by atoms with van der Waals surface area (Å²) >= 11 is 6.17. The number of carbonyl (C=O) groups is 2. The minimum Gasteiger partial charge on any atom is -0.487 e. The number of carboxylic acid groups (broad SMARTS) is 1. The van der Waals surface area contributed by atoms with Gasteiger partial charge in [-0.15, -0.1) is 13.2 Å². The van der Waals surface area contributed by atoms with E-state index in [1.807, 2.05) is 6.92 Å². The second-order valence-electron chi connectivity index (χ2n) is 8.87. The molecule has 0 bridgehead atoms. The predicted octanol–water partition coefficient (Wildman–Crippen LogP) is 6.59. The first kappa shape index (κ1) is 27.1. The SMILES string of the molecule is CCC(C)(C)[C@H](NC(=O)c1ccc2ccc(Cl)cc2c1OCc1ccc(OC(F)(F)F)cc1)C(=O)O. The van der Waals surface area contributed by atoms with Gasteiger partial charge in [0.1, 0.15) is 24.1 Å². The lowest BCUT2D eigenvalue weighted by molar-refractivity contribution is -0.274. The van der Waals surface area contributed by atoms with Crippen molar-refractivity contribution in [1.29, 1.82) is 0 Å². The van der Waals surface area contributed by atoms with Crippen LogP contribution in [0.4, 0.5) is 13.2 Å². The van der Waals surface area contributed by atoms with E-state index in [2.05, 4.69) is 10.1 Å². The van der Waals surface area contributed by atoms with E-state index >= 15 is 0 Å². The minimum atomic E-state index is -4.80. The van der Waals surface area contributed by atoms with E-state index in [-0.39, 0.29) is 23.7 Å². The third kappa shape index (κ3) is 6.60. The second-order valence-corrected chi connectivity index (χ2v) is 9.31. The second kappa shape index (κ2) is 10.7. The Morgan fingerprint density at radius 1 is 1.06 bits per heavy atom. The van der Waals surface area contributed by atoms with Crippen LogP contribution in [0.3, 0.4) is 0 Å². The number of ether oxygens (including phenoxy) is 2. The molecule has 0 aromatic heterocycles. The fraction of sp³-hybridized carbons (Fsp3) is 0.308. The highest BCUT2D eigenvalue weighted by atomic mass is 35.5. The van der Waals surface area contributed by atoms with Crippen molar-refractivity contribution in [2.75, 3.05) is 0 Å². The average molecular weight is 524 g/mol. The van der Waals surface area contributed by atoms with Crippen molar-refractivity contribution < 1.29 is 37.3 Å². The van der Waals surface area contributed by atoms with Crippen LogP contribution in [0.25, 0.3) is 10.8 Å². The van der Waals surface area contributed by atoms with Crippen LogP contribution in [0.5, 0.6) is 11.5 Å². The van der Waals surface area contributed by atoms with Crippen molar-refractivity contribution in [1.82, 2.24) is 5.32 Å². The molecule has 1 amide bonds. The van der Waals surface area contributed by atoms with Crippen LogP contribution >= 0.6 is 11.6 Å². The molecular weight excluding hydrogens is 499 g/mol. The number of halogens is 4. The predicted molar refractivity (Wildman–Crippen MR) is 129 cm³/mol. The summed E-state index contributed by atoms with van der Waals surface area (Å²) < 4.78 is 47.1. The first-order chi connectivity index (χ1) is 16.8. The fourth-order valence-electron chi connectivity index (χ4n) is 3.55. The monoisotopic (exact) mass is 523 g/mol. The van der Waals surface area contributed by atoms with E-state index in [1.54, 1.807) is 38.1 Å². The van der Waals surface area contributed by atoms with Crippen molar-refractivity contribution in [3.8, 4) is 11.5 Å². The summed E-state index contributed by atoms with van der Waals surface area (Å²) in [6, 6.07) is 12.2.